The van der Waals surface area contributed by atoms with Crippen molar-refractivity contribution in [3.05, 3.63) is 120 Å². The molecule has 3 aromatic carbocycles. The Morgan fingerprint density at radius 2 is 1.18 bits per heavy atom. The van der Waals surface area contributed by atoms with Crippen molar-refractivity contribution < 1.29 is 13.2 Å². The van der Waals surface area contributed by atoms with Gasteiger partial charge in [-0.3, -0.25) is 0 Å². The van der Waals surface area contributed by atoms with Crippen LogP contribution in [0.15, 0.2) is 97.6 Å². The molecule has 0 saturated heterocycles. The summed E-state index contributed by atoms with van der Waals surface area (Å²) in [6, 6.07) is 24.1. The lowest BCUT2D eigenvalue weighted by Crippen LogP contribution is -2.38. The molecule has 0 aliphatic carbocycles. The van der Waals surface area contributed by atoms with Gasteiger partial charge in [0.25, 0.3) is 0 Å². The maximum absolute atomic E-state index is 13.5. The van der Waals surface area contributed by atoms with Crippen LogP contribution < -0.4 is 0 Å². The molecular weight excluding hydrogens is 363 g/mol. The first-order valence-corrected chi connectivity index (χ1v) is 8.67. The van der Waals surface area contributed by atoms with E-state index in [0.29, 0.717) is 5.56 Å². The second-order valence-electron chi connectivity index (χ2n) is 6.36. The molecule has 28 heavy (non-hydrogen) atoms. The van der Waals surface area contributed by atoms with Gasteiger partial charge in [0.1, 0.15) is 18.2 Å². The molecule has 140 valence electrons. The summed E-state index contributed by atoms with van der Waals surface area (Å²) in [5.74, 6) is 0. The minimum absolute atomic E-state index is 0.449. The zero-order valence-electron chi connectivity index (χ0n) is 14.7. The summed E-state index contributed by atoms with van der Waals surface area (Å²) >= 11 is 0. The van der Waals surface area contributed by atoms with Crippen LogP contribution in [0.25, 0.3) is 0 Å². The average Bonchev–Trinajstić information content (AvgIpc) is 3.25. The maximum atomic E-state index is 13.5. The SMILES string of the molecule is FC(F)(F)c1cccc(C(c2ccccc2)(c2ccccc2)n2cncn2)c1. The van der Waals surface area contributed by atoms with Crippen LogP contribution >= 0.6 is 0 Å². The summed E-state index contributed by atoms with van der Waals surface area (Å²) in [5, 5.41) is 4.33. The molecule has 0 unspecified atom stereocenters. The Bertz CT molecular complexity index is 1000. The summed E-state index contributed by atoms with van der Waals surface area (Å²) < 4.78 is 42.0. The Labute approximate surface area is 160 Å². The van der Waals surface area contributed by atoms with E-state index in [1.54, 1.807) is 10.7 Å². The maximum Gasteiger partial charge on any atom is 0.416 e. The number of nitrogens with zero attached hydrogens (tertiary/aromatic N) is 3. The third kappa shape index (κ3) is 2.97. The van der Waals surface area contributed by atoms with Gasteiger partial charge in [-0.1, -0.05) is 72.8 Å². The van der Waals surface area contributed by atoms with Gasteiger partial charge < -0.3 is 0 Å². The van der Waals surface area contributed by atoms with Crippen LogP contribution in [0.5, 0.6) is 0 Å². The molecule has 0 spiro atoms. The fraction of sp³-hybridized carbons (Fsp3) is 0.0909. The van der Waals surface area contributed by atoms with Crippen molar-refractivity contribution in [2.45, 2.75) is 11.7 Å². The third-order valence-corrected chi connectivity index (χ3v) is 4.75. The van der Waals surface area contributed by atoms with Crippen molar-refractivity contribution in [1.82, 2.24) is 14.8 Å². The van der Waals surface area contributed by atoms with Gasteiger partial charge in [-0.05, 0) is 28.8 Å². The molecule has 1 heterocycles. The number of rotatable bonds is 4. The van der Waals surface area contributed by atoms with Crippen molar-refractivity contribution in [2.24, 2.45) is 0 Å². The molecule has 0 aliphatic heterocycles. The van der Waals surface area contributed by atoms with E-state index in [9.17, 15) is 13.2 Å². The molecule has 0 atom stereocenters. The first-order chi connectivity index (χ1) is 13.5. The summed E-state index contributed by atoms with van der Waals surface area (Å²) in [4.78, 5) is 4.07. The van der Waals surface area contributed by atoms with Crippen LogP contribution in [-0.2, 0) is 11.7 Å². The molecule has 0 amide bonds. The molecule has 0 N–H and O–H groups in total. The number of halogens is 3. The van der Waals surface area contributed by atoms with E-state index in [2.05, 4.69) is 10.1 Å². The smallest absolute Gasteiger partial charge is 0.233 e. The van der Waals surface area contributed by atoms with E-state index in [1.165, 1.54) is 24.8 Å². The second-order valence-corrected chi connectivity index (χ2v) is 6.36. The van der Waals surface area contributed by atoms with E-state index in [4.69, 9.17) is 0 Å². The standard InChI is InChI=1S/C22H16F3N3/c23-22(24,25)20-13-7-12-19(14-20)21(28-16-26-15-27-28,17-8-3-1-4-9-17)18-10-5-2-6-11-18/h1-16H. The van der Waals surface area contributed by atoms with E-state index in [-0.39, 0.29) is 0 Å². The van der Waals surface area contributed by atoms with Gasteiger partial charge in [0, 0.05) is 0 Å². The number of hydrogen-bond donors (Lipinski definition) is 0. The highest BCUT2D eigenvalue weighted by atomic mass is 19.4. The molecule has 0 radical (unpaired) electrons. The molecule has 0 fully saturated rings. The number of hydrogen-bond acceptors (Lipinski definition) is 2. The van der Waals surface area contributed by atoms with Crippen LogP contribution in [0.3, 0.4) is 0 Å². The lowest BCUT2D eigenvalue weighted by atomic mass is 9.76. The van der Waals surface area contributed by atoms with Crippen LogP contribution in [0.4, 0.5) is 13.2 Å². The first kappa shape index (κ1) is 18.0. The molecule has 0 bridgehead atoms. The van der Waals surface area contributed by atoms with Gasteiger partial charge in [0.2, 0.25) is 0 Å². The quantitative estimate of drug-likeness (QED) is 0.460. The van der Waals surface area contributed by atoms with Gasteiger partial charge in [0.15, 0.2) is 0 Å². The number of benzene rings is 3. The highest BCUT2D eigenvalue weighted by molar-refractivity contribution is 5.51. The molecule has 4 aromatic rings. The zero-order chi connectivity index (χ0) is 19.6. The Balaban J connectivity index is 2.10. The summed E-state index contributed by atoms with van der Waals surface area (Å²) in [5.41, 5.74) is 0.212. The lowest BCUT2D eigenvalue weighted by Gasteiger charge is -2.36. The van der Waals surface area contributed by atoms with E-state index >= 15 is 0 Å². The second kappa shape index (κ2) is 6.96. The largest absolute Gasteiger partial charge is 0.416 e. The fourth-order valence-electron chi connectivity index (χ4n) is 3.56. The molecule has 0 saturated carbocycles. The molecular formula is C22H16F3N3. The van der Waals surface area contributed by atoms with Crippen molar-refractivity contribution in [1.29, 1.82) is 0 Å². The normalized spacial score (nSPS) is 12.1. The Kier molecular flexibility index (Phi) is 4.47. The van der Waals surface area contributed by atoms with Crippen molar-refractivity contribution in [2.75, 3.05) is 0 Å². The van der Waals surface area contributed by atoms with E-state index in [0.717, 1.165) is 17.2 Å². The molecule has 3 nitrogen and oxygen atoms in total. The zero-order valence-corrected chi connectivity index (χ0v) is 14.7. The van der Waals surface area contributed by atoms with Gasteiger partial charge >= 0.3 is 6.18 Å². The van der Waals surface area contributed by atoms with Gasteiger partial charge in [-0.25, -0.2) is 9.67 Å². The predicted octanol–water partition coefficient (Wildman–Crippen LogP) is 5.14. The average molecular weight is 379 g/mol. The monoisotopic (exact) mass is 379 g/mol. The summed E-state index contributed by atoms with van der Waals surface area (Å²) in [6.07, 6.45) is -1.54. The van der Waals surface area contributed by atoms with Gasteiger partial charge in [0.05, 0.1) is 5.56 Å². The third-order valence-electron chi connectivity index (χ3n) is 4.75. The van der Waals surface area contributed by atoms with Crippen LogP contribution in [0.1, 0.15) is 22.3 Å². The Hall–Kier alpha value is -3.41. The predicted molar refractivity (Wildman–Crippen MR) is 99.6 cm³/mol. The number of aromatic nitrogens is 3. The van der Waals surface area contributed by atoms with Crippen LogP contribution in [0, 0.1) is 0 Å². The summed E-state index contributed by atoms with van der Waals surface area (Å²) in [7, 11) is 0. The van der Waals surface area contributed by atoms with Crippen LogP contribution in [-0.4, -0.2) is 14.8 Å². The van der Waals surface area contributed by atoms with Crippen molar-refractivity contribution >= 4 is 0 Å². The lowest BCUT2D eigenvalue weighted by molar-refractivity contribution is -0.137. The van der Waals surface area contributed by atoms with Crippen LogP contribution in [0.2, 0.25) is 0 Å². The minimum atomic E-state index is -4.45. The Morgan fingerprint density at radius 3 is 1.68 bits per heavy atom. The van der Waals surface area contributed by atoms with Crippen molar-refractivity contribution in [3.8, 4) is 0 Å². The van der Waals surface area contributed by atoms with Gasteiger partial charge in [-0.2, -0.15) is 18.3 Å². The van der Waals surface area contributed by atoms with Gasteiger partial charge in [-0.15, -0.1) is 0 Å². The Morgan fingerprint density at radius 1 is 0.643 bits per heavy atom. The topological polar surface area (TPSA) is 30.7 Å². The molecule has 0 aliphatic rings. The highest BCUT2D eigenvalue weighted by Gasteiger charge is 2.41. The minimum Gasteiger partial charge on any atom is -0.233 e. The molecule has 6 heteroatoms. The number of alkyl halides is 3. The summed E-state index contributed by atoms with van der Waals surface area (Å²) in [6.45, 7) is 0. The van der Waals surface area contributed by atoms with Crippen molar-refractivity contribution in [3.63, 3.8) is 0 Å². The first-order valence-electron chi connectivity index (χ1n) is 8.67. The highest BCUT2D eigenvalue weighted by Crippen LogP contribution is 2.41. The van der Waals surface area contributed by atoms with E-state index in [1.807, 2.05) is 60.7 Å². The van der Waals surface area contributed by atoms with E-state index < -0.39 is 17.3 Å². The molecule has 4 rings (SSSR count). The fourth-order valence-corrected chi connectivity index (χ4v) is 3.56. The molecule has 1 aromatic heterocycles.